The van der Waals surface area contributed by atoms with Crippen molar-refractivity contribution in [3.05, 3.63) is 57.4 Å². The number of nitrogens with zero attached hydrogens (tertiary/aromatic N) is 2. The Kier molecular flexibility index (Phi) is 7.94. The highest BCUT2D eigenvalue weighted by Crippen LogP contribution is 2.39. The molecule has 0 saturated heterocycles. The fourth-order valence-electron chi connectivity index (χ4n) is 2.18. The molecule has 25 heavy (non-hydrogen) atoms. The van der Waals surface area contributed by atoms with E-state index in [-0.39, 0.29) is 10.8 Å². The summed E-state index contributed by atoms with van der Waals surface area (Å²) in [4.78, 5) is 16.7. The molecule has 0 unspecified atom stereocenters. The molecule has 1 aromatic carbocycles. The lowest BCUT2D eigenvalue weighted by molar-refractivity contribution is -0.107. The number of benzene rings is 1. The van der Waals surface area contributed by atoms with Crippen LogP contribution < -0.4 is 4.90 Å². The van der Waals surface area contributed by atoms with Crippen molar-refractivity contribution in [1.29, 1.82) is 0 Å². The summed E-state index contributed by atoms with van der Waals surface area (Å²) in [6, 6.07) is 3.34. The topological polar surface area (TPSA) is 52.9 Å². The Bertz CT molecular complexity index is 765. The van der Waals surface area contributed by atoms with Gasteiger partial charge in [-0.25, -0.2) is 0 Å². The molecule has 0 aromatic heterocycles. The van der Waals surface area contributed by atoms with Gasteiger partial charge >= 0.3 is 0 Å². The number of carbonyl (C=O) groups excluding carboxylic acids is 1. The largest absolute Gasteiger partial charge is 0.505 e. The second-order valence-corrected chi connectivity index (χ2v) is 6.23. The van der Waals surface area contributed by atoms with Crippen molar-refractivity contribution < 1.29 is 9.90 Å². The van der Waals surface area contributed by atoms with Crippen molar-refractivity contribution in [2.75, 3.05) is 11.9 Å². The van der Waals surface area contributed by atoms with E-state index in [9.17, 15) is 9.90 Å². The number of rotatable bonds is 7. The van der Waals surface area contributed by atoms with Gasteiger partial charge in [-0.15, -0.1) is 0 Å². The zero-order valence-corrected chi connectivity index (χ0v) is 16.3. The van der Waals surface area contributed by atoms with Crippen LogP contribution in [0, 0.1) is 0 Å². The molecule has 0 aliphatic heterocycles. The van der Waals surface area contributed by atoms with Crippen LogP contribution in [-0.2, 0) is 4.79 Å². The number of anilines is 1. The molecule has 4 nitrogen and oxygen atoms in total. The third-order valence-electron chi connectivity index (χ3n) is 3.80. The number of aliphatic imine (C=N–C) groups is 1. The quantitative estimate of drug-likeness (QED) is 0.280. The number of aliphatic hydroxyl groups excluding tert-OH is 1. The number of halogens is 2. The molecule has 0 aliphatic rings. The summed E-state index contributed by atoms with van der Waals surface area (Å²) in [7, 11) is 1.56. The number of hydrogen-bond acceptors (Lipinski definition) is 3. The fraction of sp³-hybridized carbons (Fsp3) is 0.263. The summed E-state index contributed by atoms with van der Waals surface area (Å²) < 4.78 is 0. The molecule has 1 rings (SSSR count). The number of allylic oxidation sites excluding steroid dienone is 3. The standard InChI is InChI=1S/C19H22Cl2N2O2/c1-6-10-22-17(12(3)7-2)19(25)13(4)14-8-9-15(20)18(16(14)21)23(5)11-24/h6,8-11,25H,1,7H2,2-5H3/b17-12+,19-13-,22-10-. The highest BCUT2D eigenvalue weighted by Gasteiger charge is 2.18. The van der Waals surface area contributed by atoms with E-state index in [0.29, 0.717) is 34.0 Å². The van der Waals surface area contributed by atoms with Crippen LogP contribution in [0.25, 0.3) is 5.57 Å². The van der Waals surface area contributed by atoms with Crippen molar-refractivity contribution in [1.82, 2.24) is 0 Å². The first-order valence-corrected chi connectivity index (χ1v) is 8.47. The highest BCUT2D eigenvalue weighted by molar-refractivity contribution is 6.40. The number of hydrogen-bond donors (Lipinski definition) is 1. The fourth-order valence-corrected chi connectivity index (χ4v) is 2.96. The van der Waals surface area contributed by atoms with Gasteiger partial charge in [-0.2, -0.15) is 0 Å². The van der Waals surface area contributed by atoms with Gasteiger partial charge in [0.25, 0.3) is 0 Å². The van der Waals surface area contributed by atoms with Crippen molar-refractivity contribution in [3.8, 4) is 0 Å². The van der Waals surface area contributed by atoms with E-state index in [1.165, 1.54) is 17.2 Å². The lowest BCUT2D eigenvalue weighted by Gasteiger charge is -2.18. The number of aliphatic hydroxyl groups is 1. The molecule has 0 atom stereocenters. The van der Waals surface area contributed by atoms with Gasteiger partial charge in [0.05, 0.1) is 15.7 Å². The average molecular weight is 381 g/mol. The molecule has 134 valence electrons. The second kappa shape index (κ2) is 9.44. The Labute approximate surface area is 158 Å². The normalized spacial score (nSPS) is 13.4. The van der Waals surface area contributed by atoms with Crippen molar-refractivity contribution in [3.63, 3.8) is 0 Å². The molecule has 0 spiro atoms. The van der Waals surface area contributed by atoms with Crippen LogP contribution in [0.15, 0.2) is 46.8 Å². The van der Waals surface area contributed by atoms with E-state index in [0.717, 1.165) is 12.0 Å². The van der Waals surface area contributed by atoms with Crippen molar-refractivity contribution in [2.24, 2.45) is 4.99 Å². The Morgan fingerprint density at radius 2 is 2.00 bits per heavy atom. The Morgan fingerprint density at radius 1 is 1.36 bits per heavy atom. The Morgan fingerprint density at radius 3 is 2.52 bits per heavy atom. The molecular formula is C19H22Cl2N2O2. The van der Waals surface area contributed by atoms with Gasteiger partial charge in [0, 0.05) is 24.4 Å². The third kappa shape index (κ3) is 4.74. The van der Waals surface area contributed by atoms with E-state index >= 15 is 0 Å². The van der Waals surface area contributed by atoms with Gasteiger partial charge < -0.3 is 10.0 Å². The van der Waals surface area contributed by atoms with Crippen LogP contribution in [0.2, 0.25) is 10.0 Å². The molecule has 0 radical (unpaired) electrons. The summed E-state index contributed by atoms with van der Waals surface area (Å²) in [6.07, 6.45) is 4.41. The van der Waals surface area contributed by atoms with Crippen LogP contribution in [0.4, 0.5) is 5.69 Å². The summed E-state index contributed by atoms with van der Waals surface area (Å²) >= 11 is 12.6. The van der Waals surface area contributed by atoms with E-state index in [1.807, 2.05) is 13.8 Å². The van der Waals surface area contributed by atoms with E-state index in [2.05, 4.69) is 11.6 Å². The summed E-state index contributed by atoms with van der Waals surface area (Å²) in [5.74, 6) is 0.0152. The van der Waals surface area contributed by atoms with Crippen LogP contribution >= 0.6 is 23.2 Å². The van der Waals surface area contributed by atoms with E-state index < -0.39 is 0 Å². The first-order chi connectivity index (χ1) is 11.8. The molecule has 0 saturated carbocycles. The Balaban J connectivity index is 3.63. The van der Waals surface area contributed by atoms with Gasteiger partial charge in [0.1, 0.15) is 11.5 Å². The summed E-state index contributed by atoms with van der Waals surface area (Å²) in [5.41, 5.74) is 2.88. The SMILES string of the molecule is C=C\C=N/C(C(/O)=C(\C)c1ccc(Cl)c(N(C)C=O)c1Cl)=C(\C)CC. The van der Waals surface area contributed by atoms with Gasteiger partial charge in [-0.3, -0.25) is 9.79 Å². The predicted octanol–water partition coefficient (Wildman–Crippen LogP) is 5.82. The van der Waals surface area contributed by atoms with E-state index in [4.69, 9.17) is 23.2 Å². The Hall–Kier alpha value is -2.04. The zero-order valence-electron chi connectivity index (χ0n) is 14.8. The maximum absolute atomic E-state index is 11.1. The zero-order chi connectivity index (χ0) is 19.1. The minimum absolute atomic E-state index is 0.0152. The molecule has 1 aromatic rings. The number of amides is 1. The molecule has 6 heteroatoms. The van der Waals surface area contributed by atoms with Gasteiger partial charge in [-0.05, 0) is 31.9 Å². The van der Waals surface area contributed by atoms with Crippen LogP contribution in [0.3, 0.4) is 0 Å². The third-order valence-corrected chi connectivity index (χ3v) is 4.49. The minimum Gasteiger partial charge on any atom is -0.505 e. The maximum atomic E-state index is 11.1. The molecule has 0 aliphatic carbocycles. The summed E-state index contributed by atoms with van der Waals surface area (Å²) in [5, 5.41) is 11.4. The van der Waals surface area contributed by atoms with Gasteiger partial charge in [-0.1, -0.05) is 48.8 Å². The highest BCUT2D eigenvalue weighted by atomic mass is 35.5. The second-order valence-electron chi connectivity index (χ2n) is 5.44. The molecule has 1 N–H and O–H groups in total. The van der Waals surface area contributed by atoms with E-state index in [1.54, 1.807) is 26.1 Å². The first-order valence-electron chi connectivity index (χ1n) is 7.71. The van der Waals surface area contributed by atoms with Gasteiger partial charge in [0.15, 0.2) is 0 Å². The minimum atomic E-state index is 0.0152. The smallest absolute Gasteiger partial charge is 0.213 e. The van der Waals surface area contributed by atoms with Crippen LogP contribution in [0.1, 0.15) is 32.8 Å². The monoisotopic (exact) mass is 380 g/mol. The van der Waals surface area contributed by atoms with Crippen molar-refractivity contribution in [2.45, 2.75) is 27.2 Å². The molecule has 0 bridgehead atoms. The lowest BCUT2D eigenvalue weighted by atomic mass is 10.0. The predicted molar refractivity (Wildman–Crippen MR) is 108 cm³/mol. The molecule has 1 amide bonds. The number of carbonyl (C=O) groups is 1. The van der Waals surface area contributed by atoms with Crippen LogP contribution in [-0.4, -0.2) is 24.8 Å². The van der Waals surface area contributed by atoms with Crippen molar-refractivity contribution >= 4 is 47.1 Å². The van der Waals surface area contributed by atoms with Gasteiger partial charge in [0.2, 0.25) is 6.41 Å². The lowest BCUT2D eigenvalue weighted by Crippen LogP contribution is -2.15. The average Bonchev–Trinajstić information content (AvgIpc) is 2.60. The first kappa shape index (κ1) is 21.0. The maximum Gasteiger partial charge on any atom is 0.213 e. The molecule has 0 heterocycles. The summed E-state index contributed by atoms with van der Waals surface area (Å²) in [6.45, 7) is 9.22. The molecule has 0 fully saturated rings. The van der Waals surface area contributed by atoms with Crippen LogP contribution in [0.5, 0.6) is 0 Å². The molecular weight excluding hydrogens is 359 g/mol.